The van der Waals surface area contributed by atoms with E-state index >= 15 is 0 Å². The summed E-state index contributed by atoms with van der Waals surface area (Å²) in [5, 5.41) is 0. The van der Waals surface area contributed by atoms with Gasteiger partial charge in [0.2, 0.25) is 0 Å². The van der Waals surface area contributed by atoms with Crippen LogP contribution in [-0.4, -0.2) is 41.9 Å². The van der Waals surface area contributed by atoms with E-state index in [2.05, 4.69) is 0 Å². The average molecular weight is 319 g/mol. The SMILES string of the molecule is CC(C)(C)OC(=O)N1C2C=C(c3cccc(F)c3)CC1COC2. The molecule has 2 aliphatic heterocycles. The summed E-state index contributed by atoms with van der Waals surface area (Å²) in [6, 6.07) is 6.32. The highest BCUT2D eigenvalue weighted by atomic mass is 19.1. The van der Waals surface area contributed by atoms with Crippen LogP contribution in [0.4, 0.5) is 9.18 Å². The molecule has 1 fully saturated rings. The monoisotopic (exact) mass is 319 g/mol. The first-order valence-corrected chi connectivity index (χ1v) is 7.89. The van der Waals surface area contributed by atoms with Crippen molar-refractivity contribution in [2.45, 2.75) is 44.9 Å². The number of ether oxygens (including phenoxy) is 2. The summed E-state index contributed by atoms with van der Waals surface area (Å²) >= 11 is 0. The second kappa shape index (κ2) is 5.96. The summed E-state index contributed by atoms with van der Waals surface area (Å²) < 4.78 is 24.6. The number of benzene rings is 1. The van der Waals surface area contributed by atoms with Crippen molar-refractivity contribution in [2.24, 2.45) is 0 Å². The summed E-state index contributed by atoms with van der Waals surface area (Å²) in [6.45, 7) is 6.48. The Bertz CT molecular complexity index is 635. The van der Waals surface area contributed by atoms with Gasteiger partial charge in [-0.25, -0.2) is 9.18 Å². The highest BCUT2D eigenvalue weighted by Gasteiger charge is 2.40. The Kier molecular flexibility index (Phi) is 4.15. The molecular weight excluding hydrogens is 297 g/mol. The zero-order valence-electron chi connectivity index (χ0n) is 13.7. The fraction of sp³-hybridized carbons (Fsp3) is 0.500. The molecule has 0 saturated carbocycles. The van der Waals surface area contributed by atoms with Crippen LogP contribution in [0.15, 0.2) is 30.3 Å². The standard InChI is InChI=1S/C18H22FNO3/c1-18(2,3)23-17(21)20-15-8-13(9-16(20)11-22-10-15)12-5-4-6-14(19)7-12/h4-8,15-16H,9-11H2,1-3H3. The van der Waals surface area contributed by atoms with Crippen LogP contribution in [0.5, 0.6) is 0 Å². The van der Waals surface area contributed by atoms with Crippen molar-refractivity contribution in [3.8, 4) is 0 Å². The molecule has 2 heterocycles. The van der Waals surface area contributed by atoms with Crippen molar-refractivity contribution < 1.29 is 18.7 Å². The highest BCUT2D eigenvalue weighted by molar-refractivity contribution is 5.74. The van der Waals surface area contributed by atoms with E-state index in [0.717, 1.165) is 11.1 Å². The Labute approximate surface area is 135 Å². The van der Waals surface area contributed by atoms with E-state index in [1.807, 2.05) is 32.9 Å². The molecule has 124 valence electrons. The van der Waals surface area contributed by atoms with Gasteiger partial charge in [0.15, 0.2) is 0 Å². The van der Waals surface area contributed by atoms with Crippen molar-refractivity contribution in [3.63, 3.8) is 0 Å². The van der Waals surface area contributed by atoms with Crippen molar-refractivity contribution in [3.05, 3.63) is 41.7 Å². The first-order chi connectivity index (χ1) is 10.8. The predicted molar refractivity (Wildman–Crippen MR) is 85.5 cm³/mol. The van der Waals surface area contributed by atoms with Gasteiger partial charge in [0, 0.05) is 0 Å². The lowest BCUT2D eigenvalue weighted by Crippen LogP contribution is -2.57. The second-order valence-electron chi connectivity index (χ2n) is 7.05. The first-order valence-electron chi connectivity index (χ1n) is 7.89. The van der Waals surface area contributed by atoms with Crippen LogP contribution in [0.1, 0.15) is 32.8 Å². The molecule has 0 aromatic heterocycles. The number of nitrogens with zero attached hydrogens (tertiary/aromatic N) is 1. The lowest BCUT2D eigenvalue weighted by Gasteiger charge is -2.44. The van der Waals surface area contributed by atoms with E-state index in [4.69, 9.17) is 9.47 Å². The van der Waals surface area contributed by atoms with Gasteiger partial charge in [0.1, 0.15) is 11.4 Å². The third kappa shape index (κ3) is 3.55. The number of hydrogen-bond acceptors (Lipinski definition) is 3. The number of morpholine rings is 1. The zero-order chi connectivity index (χ0) is 16.6. The van der Waals surface area contributed by atoms with Gasteiger partial charge in [-0.3, -0.25) is 4.90 Å². The Morgan fingerprint density at radius 3 is 2.78 bits per heavy atom. The normalized spacial score (nSPS) is 24.2. The molecule has 1 aromatic carbocycles. The molecule has 0 aliphatic carbocycles. The summed E-state index contributed by atoms with van der Waals surface area (Å²) in [5.41, 5.74) is 1.40. The van der Waals surface area contributed by atoms with Crippen LogP contribution in [0.25, 0.3) is 5.57 Å². The van der Waals surface area contributed by atoms with E-state index in [0.29, 0.717) is 19.6 Å². The number of fused-ring (bicyclic) bond motifs is 2. The van der Waals surface area contributed by atoms with E-state index in [9.17, 15) is 9.18 Å². The van der Waals surface area contributed by atoms with Crippen LogP contribution >= 0.6 is 0 Å². The molecule has 1 saturated heterocycles. The molecular formula is C18H22FNO3. The quantitative estimate of drug-likeness (QED) is 0.793. The highest BCUT2D eigenvalue weighted by Crippen LogP contribution is 2.33. The second-order valence-corrected chi connectivity index (χ2v) is 7.05. The lowest BCUT2D eigenvalue weighted by atomic mass is 9.90. The first kappa shape index (κ1) is 16.0. The molecule has 0 N–H and O–H groups in total. The van der Waals surface area contributed by atoms with E-state index < -0.39 is 5.60 Å². The molecule has 4 nitrogen and oxygen atoms in total. The average Bonchev–Trinajstić information content (AvgIpc) is 2.44. The molecule has 2 bridgehead atoms. The smallest absolute Gasteiger partial charge is 0.411 e. The van der Waals surface area contributed by atoms with Gasteiger partial charge < -0.3 is 9.47 Å². The number of halogens is 1. The topological polar surface area (TPSA) is 38.8 Å². The Balaban J connectivity index is 1.86. The van der Waals surface area contributed by atoms with Gasteiger partial charge in [-0.05, 0) is 50.5 Å². The fourth-order valence-electron chi connectivity index (χ4n) is 3.10. The largest absolute Gasteiger partial charge is 0.444 e. The Morgan fingerprint density at radius 2 is 2.13 bits per heavy atom. The molecule has 1 aromatic rings. The fourth-order valence-corrected chi connectivity index (χ4v) is 3.10. The minimum absolute atomic E-state index is 0.0770. The summed E-state index contributed by atoms with van der Waals surface area (Å²) in [4.78, 5) is 14.2. The van der Waals surface area contributed by atoms with Crippen LogP contribution in [0.3, 0.4) is 0 Å². The third-order valence-electron chi connectivity index (χ3n) is 4.00. The number of carbonyl (C=O) groups is 1. The molecule has 2 aliphatic rings. The van der Waals surface area contributed by atoms with Crippen molar-refractivity contribution in [1.29, 1.82) is 0 Å². The van der Waals surface area contributed by atoms with Gasteiger partial charge in [-0.15, -0.1) is 0 Å². The number of amides is 1. The molecule has 0 radical (unpaired) electrons. The van der Waals surface area contributed by atoms with Crippen molar-refractivity contribution in [2.75, 3.05) is 13.2 Å². The van der Waals surface area contributed by atoms with E-state index in [1.165, 1.54) is 12.1 Å². The maximum Gasteiger partial charge on any atom is 0.411 e. The minimum Gasteiger partial charge on any atom is -0.444 e. The van der Waals surface area contributed by atoms with E-state index in [-0.39, 0.29) is 24.0 Å². The van der Waals surface area contributed by atoms with Crippen molar-refractivity contribution in [1.82, 2.24) is 4.90 Å². The van der Waals surface area contributed by atoms with Crippen molar-refractivity contribution >= 4 is 11.7 Å². The molecule has 5 heteroatoms. The van der Waals surface area contributed by atoms with Crippen LogP contribution in [0, 0.1) is 5.82 Å². The summed E-state index contributed by atoms with van der Waals surface area (Å²) in [5.74, 6) is -0.251. The molecule has 2 unspecified atom stereocenters. The molecule has 3 rings (SSSR count). The molecule has 1 amide bonds. The summed E-state index contributed by atoms with van der Waals surface area (Å²) in [7, 11) is 0. The predicted octanol–water partition coefficient (Wildman–Crippen LogP) is 3.62. The maximum absolute atomic E-state index is 13.5. The van der Waals surface area contributed by atoms with Crippen LogP contribution in [0.2, 0.25) is 0 Å². The van der Waals surface area contributed by atoms with Gasteiger partial charge in [0.05, 0.1) is 25.3 Å². The summed E-state index contributed by atoms with van der Waals surface area (Å²) in [6.07, 6.45) is 2.32. The van der Waals surface area contributed by atoms with E-state index in [1.54, 1.807) is 11.0 Å². The van der Waals surface area contributed by atoms with Gasteiger partial charge in [-0.1, -0.05) is 18.2 Å². The minimum atomic E-state index is -0.529. The molecule has 2 atom stereocenters. The van der Waals surface area contributed by atoms with Gasteiger partial charge in [0.25, 0.3) is 0 Å². The number of rotatable bonds is 1. The van der Waals surface area contributed by atoms with Gasteiger partial charge >= 0.3 is 6.09 Å². The van der Waals surface area contributed by atoms with Gasteiger partial charge in [-0.2, -0.15) is 0 Å². The van der Waals surface area contributed by atoms with Crippen LogP contribution < -0.4 is 0 Å². The Hall–Kier alpha value is -1.88. The molecule has 0 spiro atoms. The van der Waals surface area contributed by atoms with Crippen LogP contribution in [-0.2, 0) is 9.47 Å². The molecule has 23 heavy (non-hydrogen) atoms. The maximum atomic E-state index is 13.5. The number of carbonyl (C=O) groups excluding carboxylic acids is 1. The lowest BCUT2D eigenvalue weighted by molar-refractivity contribution is -0.0510. The zero-order valence-corrected chi connectivity index (χ0v) is 13.7. The third-order valence-corrected chi connectivity index (χ3v) is 4.00. The number of hydrogen-bond donors (Lipinski definition) is 0. The Morgan fingerprint density at radius 1 is 1.35 bits per heavy atom.